The SMILES string of the molecule is C=N/C=C\C/C=C(\CN/C(C)=C/C(Cl)=C\C(Cl)=C/C)CN1CCN(C(=O)OCCOCCNCC)CC1.CC. The van der Waals surface area contributed by atoms with Gasteiger partial charge in [-0.1, -0.05) is 62.2 Å². The van der Waals surface area contributed by atoms with Crippen LogP contribution < -0.4 is 10.6 Å². The van der Waals surface area contributed by atoms with Crippen molar-refractivity contribution in [3.63, 3.8) is 0 Å². The third kappa shape index (κ3) is 19.6. The molecule has 1 aliphatic heterocycles. The number of rotatable bonds is 17. The molecule has 1 aliphatic rings. The highest BCUT2D eigenvalue weighted by Gasteiger charge is 2.22. The number of allylic oxidation sites excluding steroid dienone is 8. The molecule has 0 spiro atoms. The van der Waals surface area contributed by atoms with Gasteiger partial charge in [-0.2, -0.15) is 0 Å². The molecule has 0 aliphatic carbocycles. The van der Waals surface area contributed by atoms with Gasteiger partial charge >= 0.3 is 6.09 Å². The Morgan fingerprint density at radius 1 is 1.08 bits per heavy atom. The van der Waals surface area contributed by atoms with Crippen LogP contribution in [0.15, 0.2) is 62.9 Å². The van der Waals surface area contributed by atoms with E-state index in [0.29, 0.717) is 42.9 Å². The molecule has 8 nitrogen and oxygen atoms in total. The van der Waals surface area contributed by atoms with Gasteiger partial charge in [-0.25, -0.2) is 4.79 Å². The highest BCUT2D eigenvalue weighted by atomic mass is 35.5. The van der Waals surface area contributed by atoms with E-state index >= 15 is 0 Å². The summed E-state index contributed by atoms with van der Waals surface area (Å²) in [7, 11) is 0. The van der Waals surface area contributed by atoms with Gasteiger partial charge in [0.1, 0.15) is 6.61 Å². The molecule has 39 heavy (non-hydrogen) atoms. The Balaban J connectivity index is 0.00000704. The molecule has 0 unspecified atom stereocenters. The van der Waals surface area contributed by atoms with Crippen molar-refractivity contribution in [3.05, 3.63) is 57.9 Å². The number of carbonyl (C=O) groups is 1. The van der Waals surface area contributed by atoms with E-state index in [1.54, 1.807) is 23.3 Å². The highest BCUT2D eigenvalue weighted by molar-refractivity contribution is 6.35. The summed E-state index contributed by atoms with van der Waals surface area (Å²) in [5, 5.41) is 7.76. The molecule has 1 saturated heterocycles. The van der Waals surface area contributed by atoms with Crippen LogP contribution in [-0.4, -0.2) is 94.8 Å². The van der Waals surface area contributed by atoms with Crippen molar-refractivity contribution < 1.29 is 14.3 Å². The van der Waals surface area contributed by atoms with Crippen molar-refractivity contribution >= 4 is 36.0 Å². The molecule has 1 fully saturated rings. The Hall–Kier alpha value is -2.10. The number of aliphatic imine (C=N–C) groups is 1. The number of amides is 1. The van der Waals surface area contributed by atoms with Crippen molar-refractivity contribution in [2.24, 2.45) is 4.99 Å². The van der Waals surface area contributed by atoms with Gasteiger partial charge in [-0.15, -0.1) is 0 Å². The van der Waals surface area contributed by atoms with Crippen molar-refractivity contribution in [1.29, 1.82) is 0 Å². The largest absolute Gasteiger partial charge is 0.447 e. The smallest absolute Gasteiger partial charge is 0.409 e. The maximum Gasteiger partial charge on any atom is 0.409 e. The Bertz CT molecular complexity index is 833. The topological polar surface area (TPSA) is 78.4 Å². The molecule has 0 bridgehead atoms. The minimum Gasteiger partial charge on any atom is -0.447 e. The van der Waals surface area contributed by atoms with Crippen LogP contribution in [0.1, 0.15) is 41.0 Å². The predicted molar refractivity (Wildman–Crippen MR) is 167 cm³/mol. The summed E-state index contributed by atoms with van der Waals surface area (Å²) in [6.07, 6.45) is 11.7. The third-order valence-electron chi connectivity index (χ3n) is 5.44. The maximum atomic E-state index is 12.4. The number of hydrogen-bond donors (Lipinski definition) is 2. The fourth-order valence-electron chi connectivity index (χ4n) is 3.41. The summed E-state index contributed by atoms with van der Waals surface area (Å²) in [4.78, 5) is 20.2. The number of hydrogen-bond acceptors (Lipinski definition) is 7. The number of carbonyl (C=O) groups excluding carboxylic acids is 1. The number of likely N-dealkylation sites (N-methyl/N-ethyl adjacent to an activating group) is 1. The molecule has 2 N–H and O–H groups in total. The molecular weight excluding hydrogens is 537 g/mol. The second kappa shape index (κ2) is 24.9. The second-order valence-corrected chi connectivity index (χ2v) is 9.27. The zero-order chi connectivity index (χ0) is 29.3. The van der Waals surface area contributed by atoms with E-state index < -0.39 is 0 Å². The van der Waals surface area contributed by atoms with Crippen molar-refractivity contribution in [2.45, 2.75) is 41.0 Å². The number of halogens is 2. The summed E-state index contributed by atoms with van der Waals surface area (Å²) >= 11 is 12.3. The quantitative estimate of drug-likeness (QED) is 0.0989. The van der Waals surface area contributed by atoms with Gasteiger partial charge in [0.05, 0.1) is 13.2 Å². The van der Waals surface area contributed by atoms with Gasteiger partial charge in [0.15, 0.2) is 0 Å². The van der Waals surface area contributed by atoms with Crippen LogP contribution in [0.25, 0.3) is 0 Å². The Kier molecular flexibility index (Phi) is 23.6. The van der Waals surface area contributed by atoms with Crippen LogP contribution in [0, 0.1) is 0 Å². The summed E-state index contributed by atoms with van der Waals surface area (Å²) in [6, 6.07) is 0. The molecule has 10 heteroatoms. The number of nitrogens with zero attached hydrogens (tertiary/aromatic N) is 3. The first-order chi connectivity index (χ1) is 18.9. The minimum atomic E-state index is -0.279. The van der Waals surface area contributed by atoms with E-state index in [0.717, 1.165) is 44.8 Å². The van der Waals surface area contributed by atoms with E-state index in [1.165, 1.54) is 5.57 Å². The van der Waals surface area contributed by atoms with Gasteiger partial charge in [0, 0.05) is 67.8 Å². The predicted octanol–water partition coefficient (Wildman–Crippen LogP) is 5.68. The van der Waals surface area contributed by atoms with Crippen LogP contribution in [0.3, 0.4) is 0 Å². The lowest BCUT2D eigenvalue weighted by Gasteiger charge is -2.34. The van der Waals surface area contributed by atoms with E-state index in [1.807, 2.05) is 46.8 Å². The van der Waals surface area contributed by atoms with E-state index in [2.05, 4.69) is 33.3 Å². The molecule has 1 rings (SSSR count). The van der Waals surface area contributed by atoms with Gasteiger partial charge < -0.3 is 25.0 Å². The number of piperazine rings is 1. The molecule has 222 valence electrons. The first-order valence-corrected chi connectivity index (χ1v) is 14.5. The average Bonchev–Trinajstić information content (AvgIpc) is 2.94. The van der Waals surface area contributed by atoms with Crippen molar-refractivity contribution in [1.82, 2.24) is 20.4 Å². The first kappa shape index (κ1) is 36.9. The maximum absolute atomic E-state index is 12.4. The van der Waals surface area contributed by atoms with Crippen LogP contribution in [0.5, 0.6) is 0 Å². The second-order valence-electron chi connectivity index (χ2n) is 8.39. The minimum absolute atomic E-state index is 0.268. The summed E-state index contributed by atoms with van der Waals surface area (Å²) in [6.45, 7) is 20.6. The fraction of sp³-hybridized carbons (Fsp3) is 0.586. The lowest BCUT2D eigenvalue weighted by molar-refractivity contribution is 0.0458. The van der Waals surface area contributed by atoms with E-state index in [9.17, 15) is 4.79 Å². The zero-order valence-electron chi connectivity index (χ0n) is 24.5. The normalized spacial score (nSPS) is 15.7. The van der Waals surface area contributed by atoms with Crippen molar-refractivity contribution in [2.75, 3.05) is 72.2 Å². The molecule has 0 atom stereocenters. The third-order valence-corrected chi connectivity index (χ3v) is 5.98. The first-order valence-electron chi connectivity index (χ1n) is 13.7. The summed E-state index contributed by atoms with van der Waals surface area (Å²) in [5.74, 6) is 0. The zero-order valence-corrected chi connectivity index (χ0v) is 26.0. The molecule has 0 aromatic heterocycles. The highest BCUT2D eigenvalue weighted by Crippen LogP contribution is 2.13. The van der Waals surface area contributed by atoms with Crippen LogP contribution in [0.2, 0.25) is 0 Å². The van der Waals surface area contributed by atoms with Gasteiger partial charge in [0.25, 0.3) is 0 Å². The monoisotopic (exact) mass is 585 g/mol. The van der Waals surface area contributed by atoms with Crippen molar-refractivity contribution in [3.8, 4) is 0 Å². The molecule has 0 radical (unpaired) electrons. The van der Waals surface area contributed by atoms with Gasteiger partial charge in [0.2, 0.25) is 0 Å². The Labute approximate surface area is 246 Å². The fourth-order valence-corrected chi connectivity index (χ4v) is 3.86. The number of nitrogens with one attached hydrogen (secondary N) is 2. The van der Waals surface area contributed by atoms with Crippen LogP contribution in [-0.2, 0) is 9.47 Å². The molecule has 1 heterocycles. The lowest BCUT2D eigenvalue weighted by atomic mass is 10.1. The van der Waals surface area contributed by atoms with Crippen LogP contribution >= 0.6 is 23.2 Å². The van der Waals surface area contributed by atoms with Crippen LogP contribution in [0.4, 0.5) is 4.79 Å². The molecule has 1 amide bonds. The standard InChI is InChI=1S/C27H43Cl2N5O3.C2H6/c1-5-25(28)20-26(29)19-23(3)32-21-24(9-7-8-10-30-4)22-33-12-14-34(15-13-33)27(35)37-18-17-36-16-11-31-6-2;1-2/h5,8-10,19-20,31-32H,4,6-7,11-18,21-22H2,1-3H3;1-2H3/b10-8-,23-19+,24-9+,25-5+,26-20+;. The Morgan fingerprint density at radius 2 is 1.79 bits per heavy atom. The average molecular weight is 587 g/mol. The van der Waals surface area contributed by atoms with Gasteiger partial charge in [-0.05, 0) is 51.3 Å². The van der Waals surface area contributed by atoms with Gasteiger partial charge in [-0.3, -0.25) is 9.89 Å². The molecule has 0 aromatic carbocycles. The van der Waals surface area contributed by atoms with E-state index in [4.69, 9.17) is 32.7 Å². The molecule has 0 saturated carbocycles. The molecule has 0 aromatic rings. The van der Waals surface area contributed by atoms with E-state index in [-0.39, 0.29) is 12.7 Å². The summed E-state index contributed by atoms with van der Waals surface area (Å²) < 4.78 is 10.8. The summed E-state index contributed by atoms with van der Waals surface area (Å²) in [5.41, 5.74) is 2.17. The molecular formula is C29H49Cl2N5O3. The lowest BCUT2D eigenvalue weighted by Crippen LogP contribution is -2.49. The number of ether oxygens (including phenoxy) is 2. The Morgan fingerprint density at radius 3 is 2.44 bits per heavy atom.